The van der Waals surface area contributed by atoms with Crippen molar-refractivity contribution in [2.75, 3.05) is 0 Å². The van der Waals surface area contributed by atoms with Crippen LogP contribution in [0.15, 0.2) is 42.6 Å². The van der Waals surface area contributed by atoms with Crippen LogP contribution in [0.1, 0.15) is 11.1 Å². The number of pyridine rings is 1. The second-order valence-electron chi connectivity index (χ2n) is 3.94. The predicted molar refractivity (Wildman–Crippen MR) is 66.8 cm³/mol. The Labute approximate surface area is 105 Å². The highest BCUT2D eigenvalue weighted by molar-refractivity contribution is 5.70. The first-order valence-corrected chi connectivity index (χ1v) is 5.55. The molecule has 1 N–H and O–H groups in total. The summed E-state index contributed by atoms with van der Waals surface area (Å²) in [5.74, 6) is 0.360. The number of benzene rings is 1. The summed E-state index contributed by atoms with van der Waals surface area (Å²) < 4.78 is 5.61. The zero-order valence-electron chi connectivity index (χ0n) is 9.96. The van der Waals surface area contributed by atoms with Gasteiger partial charge in [-0.15, -0.1) is 0 Å². The minimum Gasteiger partial charge on any atom is -0.481 e. The second kappa shape index (κ2) is 5.31. The number of hydrogen-bond acceptors (Lipinski definition) is 3. The van der Waals surface area contributed by atoms with Crippen LogP contribution in [-0.4, -0.2) is 16.1 Å². The highest BCUT2D eigenvalue weighted by Crippen LogP contribution is 2.22. The Balaban J connectivity index is 2.11. The molecule has 0 aliphatic carbocycles. The Morgan fingerprint density at radius 2 is 2.00 bits per heavy atom. The van der Waals surface area contributed by atoms with E-state index >= 15 is 0 Å². The predicted octanol–water partition coefficient (Wildman–Crippen LogP) is 2.81. The number of aromatic nitrogens is 1. The number of carbonyl (C=O) groups is 1. The third kappa shape index (κ3) is 3.07. The molecule has 0 atom stereocenters. The van der Waals surface area contributed by atoms with Gasteiger partial charge in [0.05, 0.1) is 6.42 Å². The summed E-state index contributed by atoms with van der Waals surface area (Å²) in [5.41, 5.74) is 1.69. The largest absolute Gasteiger partial charge is 0.481 e. The van der Waals surface area contributed by atoms with Crippen molar-refractivity contribution in [1.82, 2.24) is 4.98 Å². The lowest BCUT2D eigenvalue weighted by molar-refractivity contribution is -0.136. The molecule has 0 amide bonds. The molecule has 0 saturated heterocycles. The van der Waals surface area contributed by atoms with Crippen LogP contribution >= 0.6 is 0 Å². The molecule has 0 unspecified atom stereocenters. The standard InChI is InChI=1S/C14H13NO3/c1-10-3-2-8-15-14(10)18-12-6-4-11(5-7-12)9-13(16)17/h2-8H,9H2,1H3,(H,16,17). The summed E-state index contributed by atoms with van der Waals surface area (Å²) in [6.07, 6.45) is 1.68. The third-order valence-electron chi connectivity index (χ3n) is 2.45. The Morgan fingerprint density at radius 3 is 2.61 bits per heavy atom. The maximum Gasteiger partial charge on any atom is 0.307 e. The lowest BCUT2D eigenvalue weighted by atomic mass is 10.1. The average molecular weight is 243 g/mol. The summed E-state index contributed by atoms with van der Waals surface area (Å²) in [6.45, 7) is 1.92. The van der Waals surface area contributed by atoms with E-state index < -0.39 is 5.97 Å². The smallest absolute Gasteiger partial charge is 0.307 e. The van der Waals surface area contributed by atoms with Crippen LogP contribution in [0.2, 0.25) is 0 Å². The van der Waals surface area contributed by atoms with Gasteiger partial charge in [-0.05, 0) is 30.7 Å². The van der Waals surface area contributed by atoms with Crippen molar-refractivity contribution in [3.8, 4) is 11.6 Å². The third-order valence-corrected chi connectivity index (χ3v) is 2.45. The van der Waals surface area contributed by atoms with Gasteiger partial charge in [0.2, 0.25) is 5.88 Å². The van der Waals surface area contributed by atoms with Crippen molar-refractivity contribution in [3.63, 3.8) is 0 Å². The first-order chi connectivity index (χ1) is 8.65. The molecular formula is C14H13NO3. The first kappa shape index (κ1) is 12.1. The molecule has 0 saturated carbocycles. The van der Waals surface area contributed by atoms with Gasteiger partial charge in [-0.2, -0.15) is 0 Å². The van der Waals surface area contributed by atoms with Crippen molar-refractivity contribution in [3.05, 3.63) is 53.7 Å². The number of aryl methyl sites for hydroxylation is 1. The minimum atomic E-state index is -0.843. The lowest BCUT2D eigenvalue weighted by Crippen LogP contribution is -1.99. The Hall–Kier alpha value is -2.36. The molecule has 1 heterocycles. The van der Waals surface area contributed by atoms with Gasteiger partial charge in [0, 0.05) is 11.8 Å². The number of nitrogens with zero attached hydrogens (tertiary/aromatic N) is 1. The molecule has 1 aromatic carbocycles. The van der Waals surface area contributed by atoms with Crippen LogP contribution < -0.4 is 4.74 Å². The van der Waals surface area contributed by atoms with Gasteiger partial charge in [-0.3, -0.25) is 4.79 Å². The zero-order chi connectivity index (χ0) is 13.0. The quantitative estimate of drug-likeness (QED) is 0.897. The van der Waals surface area contributed by atoms with Gasteiger partial charge in [0.15, 0.2) is 0 Å². The van der Waals surface area contributed by atoms with Crippen LogP contribution in [0.25, 0.3) is 0 Å². The maximum absolute atomic E-state index is 10.5. The average Bonchev–Trinajstić information content (AvgIpc) is 2.34. The molecule has 0 radical (unpaired) electrons. The summed E-state index contributed by atoms with van der Waals surface area (Å²) in [7, 11) is 0. The van der Waals surface area contributed by atoms with Gasteiger partial charge in [0.1, 0.15) is 5.75 Å². The lowest BCUT2D eigenvalue weighted by Gasteiger charge is -2.07. The van der Waals surface area contributed by atoms with Crippen molar-refractivity contribution >= 4 is 5.97 Å². The van der Waals surface area contributed by atoms with Crippen LogP contribution in [0.3, 0.4) is 0 Å². The Kier molecular flexibility index (Phi) is 3.57. The van der Waals surface area contributed by atoms with Crippen LogP contribution in [-0.2, 0) is 11.2 Å². The van der Waals surface area contributed by atoms with E-state index in [1.807, 2.05) is 19.1 Å². The molecule has 4 heteroatoms. The SMILES string of the molecule is Cc1cccnc1Oc1ccc(CC(=O)O)cc1. The van der Waals surface area contributed by atoms with Crippen molar-refractivity contribution in [2.45, 2.75) is 13.3 Å². The van der Waals surface area contributed by atoms with E-state index in [1.54, 1.807) is 30.5 Å². The molecule has 0 aliphatic rings. The second-order valence-corrected chi connectivity index (χ2v) is 3.94. The normalized spacial score (nSPS) is 10.1. The minimum absolute atomic E-state index is 0.0168. The van der Waals surface area contributed by atoms with Crippen molar-refractivity contribution in [2.24, 2.45) is 0 Å². The van der Waals surface area contributed by atoms with Crippen molar-refractivity contribution in [1.29, 1.82) is 0 Å². The van der Waals surface area contributed by atoms with Crippen LogP contribution in [0, 0.1) is 6.92 Å². The summed E-state index contributed by atoms with van der Waals surface area (Å²) in [5, 5.41) is 8.67. The monoisotopic (exact) mass is 243 g/mol. The number of rotatable bonds is 4. The number of aliphatic carboxylic acids is 1. The maximum atomic E-state index is 10.5. The molecule has 2 rings (SSSR count). The Bertz CT molecular complexity index is 549. The van der Waals surface area contributed by atoms with Gasteiger partial charge >= 0.3 is 5.97 Å². The highest BCUT2D eigenvalue weighted by Gasteiger charge is 2.03. The van der Waals surface area contributed by atoms with Gasteiger partial charge < -0.3 is 9.84 Å². The molecule has 4 nitrogen and oxygen atoms in total. The van der Waals surface area contributed by atoms with Crippen LogP contribution in [0.5, 0.6) is 11.6 Å². The molecule has 2 aromatic rings. The number of carboxylic acid groups (broad SMARTS) is 1. The molecule has 18 heavy (non-hydrogen) atoms. The van der Waals surface area contributed by atoms with Crippen molar-refractivity contribution < 1.29 is 14.6 Å². The molecule has 0 fully saturated rings. The van der Waals surface area contributed by atoms with Gasteiger partial charge in [-0.25, -0.2) is 4.98 Å². The van der Waals surface area contributed by atoms with E-state index in [0.717, 1.165) is 11.1 Å². The van der Waals surface area contributed by atoms with Crippen LogP contribution in [0.4, 0.5) is 0 Å². The number of carboxylic acids is 1. The fourth-order valence-corrected chi connectivity index (χ4v) is 1.54. The molecular weight excluding hydrogens is 230 g/mol. The molecule has 0 bridgehead atoms. The Morgan fingerprint density at radius 1 is 1.28 bits per heavy atom. The van der Waals surface area contributed by atoms with E-state index in [0.29, 0.717) is 11.6 Å². The highest BCUT2D eigenvalue weighted by atomic mass is 16.5. The van der Waals surface area contributed by atoms with Gasteiger partial charge in [0.25, 0.3) is 0 Å². The number of hydrogen-bond donors (Lipinski definition) is 1. The van der Waals surface area contributed by atoms with E-state index in [4.69, 9.17) is 9.84 Å². The van der Waals surface area contributed by atoms with E-state index in [9.17, 15) is 4.79 Å². The molecule has 1 aromatic heterocycles. The molecule has 0 spiro atoms. The fourth-order valence-electron chi connectivity index (χ4n) is 1.54. The molecule has 92 valence electrons. The first-order valence-electron chi connectivity index (χ1n) is 5.55. The summed E-state index contributed by atoms with van der Waals surface area (Å²) in [4.78, 5) is 14.7. The summed E-state index contributed by atoms with van der Waals surface area (Å²) >= 11 is 0. The molecule has 0 aliphatic heterocycles. The topological polar surface area (TPSA) is 59.4 Å². The van der Waals surface area contributed by atoms with E-state index in [2.05, 4.69) is 4.98 Å². The van der Waals surface area contributed by atoms with Gasteiger partial charge in [-0.1, -0.05) is 18.2 Å². The number of ether oxygens (including phenoxy) is 1. The van der Waals surface area contributed by atoms with E-state index in [-0.39, 0.29) is 6.42 Å². The summed E-state index contributed by atoms with van der Waals surface area (Å²) in [6, 6.07) is 10.7. The van der Waals surface area contributed by atoms with E-state index in [1.165, 1.54) is 0 Å². The zero-order valence-corrected chi connectivity index (χ0v) is 9.96. The fraction of sp³-hybridized carbons (Fsp3) is 0.143.